The van der Waals surface area contributed by atoms with E-state index >= 15 is 0 Å². The van der Waals surface area contributed by atoms with Gasteiger partial charge in [-0.25, -0.2) is 5.43 Å². The maximum Gasteiger partial charge on any atom is 0.271 e. The van der Waals surface area contributed by atoms with Gasteiger partial charge < -0.3 is 5.11 Å². The molecule has 1 heterocycles. The summed E-state index contributed by atoms with van der Waals surface area (Å²) in [4.78, 5) is 12.2. The zero-order valence-electron chi connectivity index (χ0n) is 15.0. The fourth-order valence-electron chi connectivity index (χ4n) is 2.62. The molecule has 0 aliphatic carbocycles. The van der Waals surface area contributed by atoms with E-state index in [0.29, 0.717) is 22.7 Å². The number of hydrogen-bond acceptors (Lipinski definition) is 4. The number of amides is 1. The lowest BCUT2D eigenvalue weighted by atomic mass is 10.1. The van der Waals surface area contributed by atoms with Gasteiger partial charge in [0, 0.05) is 21.8 Å². The Hall–Kier alpha value is -3.12. The fraction of sp³-hybridized carbons (Fsp3) is 0.150. The number of carbonyl (C=O) groups is 1. The summed E-state index contributed by atoms with van der Waals surface area (Å²) >= 11 is 5.87. The monoisotopic (exact) mass is 382 g/mol. The van der Waals surface area contributed by atoms with Crippen LogP contribution < -0.4 is 5.43 Å². The van der Waals surface area contributed by atoms with Crippen LogP contribution in [0.2, 0.25) is 5.02 Å². The van der Waals surface area contributed by atoms with E-state index in [-0.39, 0.29) is 11.7 Å². The van der Waals surface area contributed by atoms with Gasteiger partial charge in [-0.2, -0.15) is 10.2 Å². The van der Waals surface area contributed by atoms with E-state index in [1.807, 2.05) is 36.7 Å². The van der Waals surface area contributed by atoms with Gasteiger partial charge >= 0.3 is 0 Å². The Kier molecular flexibility index (Phi) is 5.57. The Bertz CT molecular complexity index is 994. The minimum atomic E-state index is -0.342. The number of rotatable bonds is 5. The van der Waals surface area contributed by atoms with Crippen LogP contribution in [0.1, 0.15) is 32.9 Å². The molecule has 0 saturated carbocycles. The van der Waals surface area contributed by atoms with Crippen LogP contribution in [0, 0.1) is 13.8 Å². The summed E-state index contributed by atoms with van der Waals surface area (Å²) in [5.74, 6) is -0.309. The van der Waals surface area contributed by atoms with Gasteiger partial charge in [0.15, 0.2) is 0 Å². The molecule has 3 aromatic rings. The summed E-state index contributed by atoms with van der Waals surface area (Å²) < 4.78 is 1.92. The number of aromatic nitrogens is 2. The Morgan fingerprint density at radius 1 is 1.22 bits per heavy atom. The lowest BCUT2D eigenvalue weighted by molar-refractivity contribution is 0.0955. The minimum Gasteiger partial charge on any atom is -0.507 e. The van der Waals surface area contributed by atoms with Crippen LogP contribution in [0.5, 0.6) is 5.75 Å². The van der Waals surface area contributed by atoms with Gasteiger partial charge in [-0.1, -0.05) is 23.7 Å². The van der Waals surface area contributed by atoms with Crippen LogP contribution in [0.25, 0.3) is 0 Å². The van der Waals surface area contributed by atoms with Gasteiger partial charge in [0.1, 0.15) is 5.75 Å². The van der Waals surface area contributed by atoms with E-state index < -0.39 is 0 Å². The van der Waals surface area contributed by atoms with Crippen molar-refractivity contribution < 1.29 is 9.90 Å². The number of halogens is 1. The Morgan fingerprint density at radius 3 is 2.63 bits per heavy atom. The summed E-state index contributed by atoms with van der Waals surface area (Å²) in [5, 5.41) is 18.5. The number of hydrazone groups is 1. The summed E-state index contributed by atoms with van der Waals surface area (Å²) in [7, 11) is 0. The molecule has 2 aromatic carbocycles. The molecule has 0 spiro atoms. The van der Waals surface area contributed by atoms with E-state index in [1.165, 1.54) is 12.3 Å². The standard InChI is InChI=1S/C20H19ClN4O2/c1-13-9-14(2)25(24-13)12-15-3-5-16(6-4-15)20(27)23-22-11-17-10-18(21)7-8-19(17)26/h3-11,26H,12H2,1-2H3,(H,23,27)/b22-11+. The first-order chi connectivity index (χ1) is 12.9. The quantitative estimate of drug-likeness (QED) is 0.522. The molecule has 1 aromatic heterocycles. The van der Waals surface area contributed by atoms with E-state index in [9.17, 15) is 9.90 Å². The molecule has 0 aliphatic rings. The number of nitrogens with zero attached hydrogens (tertiary/aromatic N) is 3. The highest BCUT2D eigenvalue weighted by molar-refractivity contribution is 6.30. The highest BCUT2D eigenvalue weighted by atomic mass is 35.5. The molecule has 7 heteroatoms. The van der Waals surface area contributed by atoms with Crippen molar-refractivity contribution in [2.24, 2.45) is 5.10 Å². The van der Waals surface area contributed by atoms with E-state index in [0.717, 1.165) is 17.0 Å². The first kappa shape index (κ1) is 18.7. The van der Waals surface area contributed by atoms with Crippen LogP contribution in [0.4, 0.5) is 0 Å². The number of phenols is 1. The highest BCUT2D eigenvalue weighted by Gasteiger charge is 2.06. The molecule has 0 aliphatic heterocycles. The second kappa shape index (κ2) is 8.05. The number of aryl methyl sites for hydroxylation is 2. The van der Waals surface area contributed by atoms with E-state index in [4.69, 9.17) is 11.6 Å². The molecule has 0 atom stereocenters. The van der Waals surface area contributed by atoms with Crippen molar-refractivity contribution in [3.63, 3.8) is 0 Å². The molecule has 0 saturated heterocycles. The molecule has 2 N–H and O–H groups in total. The van der Waals surface area contributed by atoms with Gasteiger partial charge in [-0.05, 0) is 55.8 Å². The Morgan fingerprint density at radius 2 is 1.96 bits per heavy atom. The normalized spacial score (nSPS) is 11.1. The zero-order valence-corrected chi connectivity index (χ0v) is 15.7. The van der Waals surface area contributed by atoms with E-state index in [1.54, 1.807) is 24.3 Å². The van der Waals surface area contributed by atoms with E-state index in [2.05, 4.69) is 15.6 Å². The van der Waals surface area contributed by atoms with Crippen LogP contribution >= 0.6 is 11.6 Å². The van der Waals surface area contributed by atoms with Gasteiger partial charge in [0.25, 0.3) is 5.91 Å². The molecule has 27 heavy (non-hydrogen) atoms. The molecule has 0 unspecified atom stereocenters. The molecule has 3 rings (SSSR count). The molecule has 138 valence electrons. The third-order valence-electron chi connectivity index (χ3n) is 4.01. The lowest BCUT2D eigenvalue weighted by Crippen LogP contribution is -2.17. The molecule has 6 nitrogen and oxygen atoms in total. The van der Waals surface area contributed by atoms with Crippen molar-refractivity contribution in [1.29, 1.82) is 0 Å². The number of hydrogen-bond donors (Lipinski definition) is 2. The van der Waals surface area contributed by atoms with Gasteiger partial charge in [0.2, 0.25) is 0 Å². The third-order valence-corrected chi connectivity index (χ3v) is 4.25. The number of benzene rings is 2. The van der Waals surface area contributed by atoms with Crippen molar-refractivity contribution in [1.82, 2.24) is 15.2 Å². The van der Waals surface area contributed by atoms with Gasteiger partial charge in [0.05, 0.1) is 18.5 Å². The SMILES string of the molecule is Cc1cc(C)n(Cc2ccc(C(=O)N/N=C/c3cc(Cl)ccc3O)cc2)n1. The summed E-state index contributed by atoms with van der Waals surface area (Å²) in [5.41, 5.74) is 6.46. The Balaban J connectivity index is 1.62. The van der Waals surface area contributed by atoms with Crippen molar-refractivity contribution in [3.05, 3.63) is 81.6 Å². The number of phenolic OH excluding ortho intramolecular Hbond substituents is 1. The zero-order chi connectivity index (χ0) is 19.4. The molecule has 0 bridgehead atoms. The number of carbonyl (C=O) groups excluding carboxylic acids is 1. The minimum absolute atomic E-state index is 0.0332. The number of aromatic hydroxyl groups is 1. The predicted octanol–water partition coefficient (Wildman–Crippen LogP) is 3.67. The van der Waals surface area contributed by atoms with Gasteiger partial charge in [-0.3, -0.25) is 9.48 Å². The second-order valence-corrected chi connectivity index (χ2v) is 6.62. The van der Waals surface area contributed by atoms with Gasteiger partial charge in [-0.15, -0.1) is 0 Å². The maximum atomic E-state index is 12.2. The second-order valence-electron chi connectivity index (χ2n) is 6.18. The first-order valence-corrected chi connectivity index (χ1v) is 8.72. The average molecular weight is 383 g/mol. The smallest absolute Gasteiger partial charge is 0.271 e. The van der Waals surface area contributed by atoms with Crippen LogP contribution in [0.3, 0.4) is 0 Å². The summed E-state index contributed by atoms with van der Waals surface area (Å²) in [6.45, 7) is 4.62. The summed E-state index contributed by atoms with van der Waals surface area (Å²) in [6.07, 6.45) is 1.34. The maximum absolute atomic E-state index is 12.2. The average Bonchev–Trinajstić information content (AvgIpc) is 2.95. The summed E-state index contributed by atoms with van der Waals surface area (Å²) in [6, 6.07) is 13.9. The van der Waals surface area contributed by atoms with Crippen molar-refractivity contribution >= 4 is 23.7 Å². The molecular weight excluding hydrogens is 364 g/mol. The predicted molar refractivity (Wildman–Crippen MR) is 105 cm³/mol. The molecule has 0 radical (unpaired) electrons. The Labute approximate surface area is 162 Å². The van der Waals surface area contributed by atoms with Crippen molar-refractivity contribution in [2.45, 2.75) is 20.4 Å². The fourth-order valence-corrected chi connectivity index (χ4v) is 2.80. The third kappa shape index (κ3) is 4.74. The molecule has 1 amide bonds. The van der Waals surface area contributed by atoms with Crippen LogP contribution in [-0.2, 0) is 6.54 Å². The van der Waals surface area contributed by atoms with Crippen LogP contribution in [0.15, 0.2) is 53.6 Å². The molecule has 0 fully saturated rings. The first-order valence-electron chi connectivity index (χ1n) is 8.34. The largest absolute Gasteiger partial charge is 0.507 e. The number of nitrogens with one attached hydrogen (secondary N) is 1. The van der Waals surface area contributed by atoms with Crippen molar-refractivity contribution in [3.8, 4) is 5.75 Å². The van der Waals surface area contributed by atoms with Crippen molar-refractivity contribution in [2.75, 3.05) is 0 Å². The highest BCUT2D eigenvalue weighted by Crippen LogP contribution is 2.19. The topological polar surface area (TPSA) is 79.5 Å². The van der Waals surface area contributed by atoms with Crippen LogP contribution in [-0.4, -0.2) is 27.0 Å². The molecular formula is C20H19ClN4O2. The lowest BCUT2D eigenvalue weighted by Gasteiger charge is -2.06.